The van der Waals surface area contributed by atoms with E-state index < -0.39 is 10.8 Å². The minimum Gasteiger partial charge on any atom is -0.318 e. The van der Waals surface area contributed by atoms with Gasteiger partial charge in [0.2, 0.25) is 0 Å². The zero-order valence-corrected chi connectivity index (χ0v) is 17.3. The molecule has 0 fully saturated rings. The van der Waals surface area contributed by atoms with Crippen molar-refractivity contribution < 1.29 is 14.1 Å². The molecule has 4 aromatic rings. The zero-order valence-electron chi connectivity index (χ0n) is 17.3. The number of rotatable bonds is 7. The van der Waals surface area contributed by atoms with E-state index in [1.165, 1.54) is 33.8 Å². The van der Waals surface area contributed by atoms with Crippen LogP contribution >= 0.6 is 0 Å². The number of aryl methyl sites for hydroxylation is 1. The van der Waals surface area contributed by atoms with Crippen molar-refractivity contribution in [3.05, 3.63) is 87.5 Å². The van der Waals surface area contributed by atoms with E-state index in [9.17, 15) is 19.3 Å². The van der Waals surface area contributed by atoms with Gasteiger partial charge in [0.05, 0.1) is 23.4 Å². The first-order valence-corrected chi connectivity index (χ1v) is 9.60. The molecule has 0 unspecified atom stereocenters. The Kier molecular flexibility index (Phi) is 5.50. The lowest BCUT2D eigenvalue weighted by Crippen LogP contribution is -2.15. The monoisotopic (exact) mass is 438 g/mol. The van der Waals surface area contributed by atoms with Gasteiger partial charge in [0.15, 0.2) is 5.69 Å². The van der Waals surface area contributed by atoms with E-state index >= 15 is 0 Å². The summed E-state index contributed by atoms with van der Waals surface area (Å²) < 4.78 is 17.8. The second-order valence-corrected chi connectivity index (χ2v) is 7.17. The zero-order chi connectivity index (χ0) is 22.8. The van der Waals surface area contributed by atoms with Gasteiger partial charge in [0, 0.05) is 12.4 Å². The van der Waals surface area contributed by atoms with Crippen LogP contribution < -0.4 is 5.32 Å². The molecule has 0 spiro atoms. The number of halogens is 1. The quantitative estimate of drug-likeness (QED) is 0.349. The molecule has 4 rings (SSSR count). The van der Waals surface area contributed by atoms with Crippen molar-refractivity contribution in [2.75, 3.05) is 5.32 Å². The number of aromatic nitrogens is 6. The Hall–Kier alpha value is -4.35. The third kappa shape index (κ3) is 4.38. The first-order valence-electron chi connectivity index (χ1n) is 9.60. The lowest BCUT2D eigenvalue weighted by Gasteiger charge is -2.04. The van der Waals surface area contributed by atoms with E-state index in [1.54, 1.807) is 43.1 Å². The first kappa shape index (κ1) is 20.9. The maximum absolute atomic E-state index is 13.3. The number of hydrogen-bond acceptors (Lipinski definition) is 6. The molecular formula is C20H19FN8O3. The van der Waals surface area contributed by atoms with E-state index in [1.807, 2.05) is 0 Å². The first-order chi connectivity index (χ1) is 15.3. The average Bonchev–Trinajstić information content (AvgIpc) is 3.42. The van der Waals surface area contributed by atoms with Crippen molar-refractivity contribution in [2.24, 2.45) is 0 Å². The van der Waals surface area contributed by atoms with E-state index in [0.717, 1.165) is 5.56 Å². The van der Waals surface area contributed by atoms with Crippen LogP contribution in [0.4, 0.5) is 15.8 Å². The van der Waals surface area contributed by atoms with Crippen LogP contribution in [0.5, 0.6) is 0 Å². The van der Waals surface area contributed by atoms with Gasteiger partial charge < -0.3 is 5.32 Å². The van der Waals surface area contributed by atoms with E-state index in [0.29, 0.717) is 23.6 Å². The topological polar surface area (TPSA) is 126 Å². The van der Waals surface area contributed by atoms with Crippen LogP contribution in [-0.2, 0) is 13.2 Å². The van der Waals surface area contributed by atoms with Crippen molar-refractivity contribution in [2.45, 2.75) is 27.1 Å². The predicted molar refractivity (Wildman–Crippen MR) is 112 cm³/mol. The van der Waals surface area contributed by atoms with Crippen LogP contribution in [0, 0.1) is 29.8 Å². The van der Waals surface area contributed by atoms with Crippen molar-refractivity contribution in [1.82, 2.24) is 29.3 Å². The highest BCUT2D eigenvalue weighted by atomic mass is 19.1. The Morgan fingerprint density at radius 2 is 2.03 bits per heavy atom. The summed E-state index contributed by atoms with van der Waals surface area (Å²) in [5, 5.41) is 26.4. The molecule has 1 amide bonds. The normalized spacial score (nSPS) is 11.0. The molecule has 0 aliphatic carbocycles. The molecule has 11 nitrogen and oxygen atoms in total. The Morgan fingerprint density at radius 3 is 2.75 bits per heavy atom. The number of amides is 1. The summed E-state index contributed by atoms with van der Waals surface area (Å²) in [6, 6.07) is 7.73. The summed E-state index contributed by atoms with van der Waals surface area (Å²) in [7, 11) is 0. The van der Waals surface area contributed by atoms with Crippen LogP contribution in [-0.4, -0.2) is 40.2 Å². The molecule has 1 aromatic carbocycles. The number of carbonyl (C=O) groups is 1. The van der Waals surface area contributed by atoms with Gasteiger partial charge >= 0.3 is 5.69 Å². The standard InChI is InChI=1S/C20H19FN8O3/c1-13-19(29(31)32)14(2)28(24-13)12-26-7-6-18(25-26)20(30)23-17-9-22-27(11-17)10-15-4-3-5-16(21)8-15/h3-9,11H,10,12H2,1-2H3,(H,23,30). The molecule has 0 saturated carbocycles. The minimum absolute atomic E-state index is 0.0367. The highest BCUT2D eigenvalue weighted by molar-refractivity contribution is 6.02. The van der Waals surface area contributed by atoms with Crippen molar-refractivity contribution in [3.63, 3.8) is 0 Å². The van der Waals surface area contributed by atoms with Crippen molar-refractivity contribution in [1.29, 1.82) is 0 Å². The second-order valence-electron chi connectivity index (χ2n) is 7.17. The highest BCUT2D eigenvalue weighted by Crippen LogP contribution is 2.21. The molecule has 0 aliphatic heterocycles. The van der Waals surface area contributed by atoms with Gasteiger partial charge in [-0.2, -0.15) is 15.3 Å². The van der Waals surface area contributed by atoms with Gasteiger partial charge in [-0.1, -0.05) is 12.1 Å². The molecule has 3 aromatic heterocycles. The number of carbonyl (C=O) groups excluding carboxylic acids is 1. The number of hydrogen-bond donors (Lipinski definition) is 1. The SMILES string of the molecule is Cc1nn(Cn2ccc(C(=O)Nc3cnn(Cc4cccc(F)c4)c3)n2)c(C)c1[N+](=O)[O-]. The lowest BCUT2D eigenvalue weighted by atomic mass is 10.2. The minimum atomic E-state index is -0.468. The molecule has 0 radical (unpaired) electrons. The summed E-state index contributed by atoms with van der Waals surface area (Å²) in [5.74, 6) is -0.762. The maximum Gasteiger partial charge on any atom is 0.312 e. The van der Waals surface area contributed by atoms with Crippen LogP contribution in [0.2, 0.25) is 0 Å². The van der Waals surface area contributed by atoms with Gasteiger partial charge in [0.25, 0.3) is 5.91 Å². The summed E-state index contributed by atoms with van der Waals surface area (Å²) >= 11 is 0. The Bertz CT molecular complexity index is 1310. The smallest absolute Gasteiger partial charge is 0.312 e. The van der Waals surface area contributed by atoms with Gasteiger partial charge in [-0.15, -0.1) is 0 Å². The third-order valence-corrected chi connectivity index (χ3v) is 4.80. The molecule has 0 atom stereocenters. The van der Waals surface area contributed by atoms with E-state index in [-0.39, 0.29) is 23.9 Å². The van der Waals surface area contributed by atoms with E-state index in [2.05, 4.69) is 20.6 Å². The molecular weight excluding hydrogens is 419 g/mol. The number of nitrogens with zero attached hydrogens (tertiary/aromatic N) is 7. The third-order valence-electron chi connectivity index (χ3n) is 4.80. The number of benzene rings is 1. The molecule has 3 heterocycles. The van der Waals surface area contributed by atoms with Crippen LogP contribution in [0.15, 0.2) is 48.9 Å². The van der Waals surface area contributed by atoms with E-state index in [4.69, 9.17) is 0 Å². The number of nitrogens with one attached hydrogen (secondary N) is 1. The van der Waals surface area contributed by atoms with Gasteiger partial charge in [-0.25, -0.2) is 9.07 Å². The molecule has 32 heavy (non-hydrogen) atoms. The predicted octanol–water partition coefficient (Wildman–Crippen LogP) is 2.75. The van der Waals surface area contributed by atoms with Crippen LogP contribution in [0.25, 0.3) is 0 Å². The molecule has 0 bridgehead atoms. The molecule has 0 aliphatic rings. The summed E-state index contributed by atoms with van der Waals surface area (Å²) in [6.45, 7) is 3.66. The fourth-order valence-electron chi connectivity index (χ4n) is 3.32. The number of nitro groups is 1. The van der Waals surface area contributed by atoms with Gasteiger partial charge in [-0.05, 0) is 37.6 Å². The van der Waals surface area contributed by atoms with Crippen LogP contribution in [0.3, 0.4) is 0 Å². The lowest BCUT2D eigenvalue weighted by molar-refractivity contribution is -0.386. The summed E-state index contributed by atoms with van der Waals surface area (Å²) in [5.41, 5.74) is 2.06. The molecule has 164 valence electrons. The second kappa shape index (κ2) is 8.41. The van der Waals surface area contributed by atoms with Crippen molar-refractivity contribution in [3.8, 4) is 0 Å². The summed E-state index contributed by atoms with van der Waals surface area (Å²) in [6.07, 6.45) is 4.71. The highest BCUT2D eigenvalue weighted by Gasteiger charge is 2.22. The number of anilines is 1. The Morgan fingerprint density at radius 1 is 1.22 bits per heavy atom. The molecule has 1 N–H and O–H groups in total. The Balaban J connectivity index is 1.41. The largest absolute Gasteiger partial charge is 0.318 e. The fraction of sp³-hybridized carbons (Fsp3) is 0.200. The van der Waals surface area contributed by atoms with Gasteiger partial charge in [-0.3, -0.25) is 24.3 Å². The summed E-state index contributed by atoms with van der Waals surface area (Å²) in [4.78, 5) is 23.2. The Labute approximate surface area is 181 Å². The van der Waals surface area contributed by atoms with Crippen LogP contribution in [0.1, 0.15) is 27.4 Å². The van der Waals surface area contributed by atoms with Gasteiger partial charge in [0.1, 0.15) is 23.9 Å². The maximum atomic E-state index is 13.3. The van der Waals surface area contributed by atoms with Crippen molar-refractivity contribution >= 4 is 17.3 Å². The molecule has 0 saturated heterocycles. The fourth-order valence-corrected chi connectivity index (χ4v) is 3.32. The average molecular weight is 438 g/mol. The molecule has 12 heteroatoms.